The summed E-state index contributed by atoms with van der Waals surface area (Å²) in [7, 11) is 0. The summed E-state index contributed by atoms with van der Waals surface area (Å²) in [4.78, 5) is 0. The lowest BCUT2D eigenvalue weighted by Gasteiger charge is -2.14. The summed E-state index contributed by atoms with van der Waals surface area (Å²) in [6.45, 7) is 12.0. The topological polar surface area (TPSA) is 21.3 Å². The average molecular weight is 275 g/mol. The minimum Gasteiger partial charge on any atom is -0.490 e. The van der Waals surface area contributed by atoms with Gasteiger partial charge in [0.15, 0.2) is 0 Å². The number of rotatable bonds is 10. The molecule has 0 bridgehead atoms. The number of hydrogen-bond acceptors (Lipinski definition) is 2. The molecule has 0 saturated heterocycles. The first-order valence-corrected chi connectivity index (χ1v) is 7.67. The summed E-state index contributed by atoms with van der Waals surface area (Å²) in [6, 6.07) is 8.84. The van der Waals surface area contributed by atoms with Crippen LogP contribution >= 0.6 is 0 Å². The monoisotopic (exact) mass is 275 g/mol. The molecule has 0 amide bonds. The van der Waals surface area contributed by atoms with Crippen molar-refractivity contribution < 1.29 is 4.74 Å². The normalized spacial score (nSPS) is 12.4. The van der Waals surface area contributed by atoms with E-state index in [-0.39, 0.29) is 0 Å². The second-order valence-electron chi connectivity index (χ2n) is 5.85. The van der Waals surface area contributed by atoms with Gasteiger partial charge in [-0.25, -0.2) is 0 Å². The summed E-state index contributed by atoms with van der Waals surface area (Å²) in [6.07, 6.45) is 5.63. The Balaban J connectivity index is 2.25. The van der Waals surface area contributed by atoms with Crippen LogP contribution in [0.4, 0.5) is 0 Å². The summed E-state index contributed by atoms with van der Waals surface area (Å²) in [5.41, 5.74) is 1.30. The van der Waals surface area contributed by atoms with Gasteiger partial charge in [0.05, 0.1) is 0 Å². The molecule has 1 rings (SSSR count). The van der Waals surface area contributed by atoms with E-state index in [0.29, 0.717) is 12.6 Å². The van der Waals surface area contributed by atoms with Crippen molar-refractivity contribution in [1.29, 1.82) is 0 Å². The smallest absolute Gasteiger partial charge is 0.119 e. The SMILES string of the molecule is C=CCOc1ccc(CNC(C)CCCC(C)C)cc1. The van der Waals surface area contributed by atoms with Gasteiger partial charge in [-0.1, -0.05) is 51.5 Å². The third kappa shape index (κ3) is 7.34. The fourth-order valence-corrected chi connectivity index (χ4v) is 2.09. The largest absolute Gasteiger partial charge is 0.490 e. The quantitative estimate of drug-likeness (QED) is 0.632. The lowest BCUT2D eigenvalue weighted by Crippen LogP contribution is -2.25. The van der Waals surface area contributed by atoms with Crippen molar-refractivity contribution in [3.63, 3.8) is 0 Å². The minimum absolute atomic E-state index is 0.560. The van der Waals surface area contributed by atoms with E-state index >= 15 is 0 Å². The van der Waals surface area contributed by atoms with E-state index in [1.807, 2.05) is 12.1 Å². The second kappa shape index (κ2) is 9.60. The van der Waals surface area contributed by atoms with E-state index in [1.165, 1.54) is 24.8 Å². The Bertz CT molecular complexity index is 370. The molecule has 20 heavy (non-hydrogen) atoms. The third-order valence-corrected chi connectivity index (χ3v) is 3.36. The zero-order chi connectivity index (χ0) is 14.8. The van der Waals surface area contributed by atoms with Gasteiger partial charge in [-0.3, -0.25) is 0 Å². The zero-order valence-corrected chi connectivity index (χ0v) is 13.2. The van der Waals surface area contributed by atoms with Crippen molar-refractivity contribution in [2.45, 2.75) is 52.6 Å². The molecule has 1 aromatic carbocycles. The van der Waals surface area contributed by atoms with Gasteiger partial charge in [0.1, 0.15) is 12.4 Å². The van der Waals surface area contributed by atoms with Crippen LogP contribution in [0.3, 0.4) is 0 Å². The fourth-order valence-electron chi connectivity index (χ4n) is 2.09. The maximum atomic E-state index is 5.47. The fraction of sp³-hybridized carbons (Fsp3) is 0.556. The van der Waals surface area contributed by atoms with Gasteiger partial charge in [0.2, 0.25) is 0 Å². The maximum Gasteiger partial charge on any atom is 0.119 e. The highest BCUT2D eigenvalue weighted by atomic mass is 16.5. The Hall–Kier alpha value is -1.28. The number of nitrogens with one attached hydrogen (secondary N) is 1. The van der Waals surface area contributed by atoms with Crippen LogP contribution in [0.1, 0.15) is 45.6 Å². The molecule has 0 aliphatic carbocycles. The van der Waals surface area contributed by atoms with Crippen LogP contribution in [0, 0.1) is 5.92 Å². The van der Waals surface area contributed by atoms with Crippen LogP contribution in [-0.4, -0.2) is 12.6 Å². The highest BCUT2D eigenvalue weighted by molar-refractivity contribution is 5.27. The predicted molar refractivity (Wildman–Crippen MR) is 87.1 cm³/mol. The molecule has 1 unspecified atom stereocenters. The van der Waals surface area contributed by atoms with E-state index in [2.05, 4.69) is 44.8 Å². The van der Waals surface area contributed by atoms with Gasteiger partial charge in [-0.2, -0.15) is 0 Å². The van der Waals surface area contributed by atoms with Crippen molar-refractivity contribution in [2.75, 3.05) is 6.61 Å². The van der Waals surface area contributed by atoms with Crippen molar-refractivity contribution in [2.24, 2.45) is 5.92 Å². The zero-order valence-electron chi connectivity index (χ0n) is 13.2. The first-order chi connectivity index (χ1) is 9.61. The summed E-state index contributed by atoms with van der Waals surface area (Å²) < 4.78 is 5.47. The van der Waals surface area contributed by atoms with Crippen molar-refractivity contribution >= 4 is 0 Å². The molecule has 1 N–H and O–H groups in total. The van der Waals surface area contributed by atoms with E-state index in [4.69, 9.17) is 4.74 Å². The highest BCUT2D eigenvalue weighted by Crippen LogP contribution is 2.13. The van der Waals surface area contributed by atoms with E-state index in [0.717, 1.165) is 18.2 Å². The minimum atomic E-state index is 0.560. The van der Waals surface area contributed by atoms with Gasteiger partial charge in [0.25, 0.3) is 0 Å². The van der Waals surface area contributed by atoms with E-state index in [9.17, 15) is 0 Å². The molecule has 0 spiro atoms. The van der Waals surface area contributed by atoms with Crippen LogP contribution in [-0.2, 0) is 6.54 Å². The van der Waals surface area contributed by atoms with Gasteiger partial charge < -0.3 is 10.1 Å². The molecule has 0 aliphatic rings. The Kier molecular flexibility index (Phi) is 8.05. The standard InChI is InChI=1S/C18H29NO/c1-5-13-20-18-11-9-17(10-12-18)14-19-16(4)8-6-7-15(2)3/h5,9-12,15-16,19H,1,6-8,13-14H2,2-4H3. The first-order valence-electron chi connectivity index (χ1n) is 7.67. The Morgan fingerprint density at radius 1 is 1.15 bits per heavy atom. The number of ether oxygens (including phenoxy) is 1. The van der Waals surface area contributed by atoms with Crippen molar-refractivity contribution in [3.8, 4) is 5.75 Å². The Labute approximate surface area is 124 Å². The van der Waals surface area contributed by atoms with Crippen LogP contribution in [0.5, 0.6) is 5.75 Å². The molecular formula is C18H29NO. The van der Waals surface area contributed by atoms with Crippen LogP contribution < -0.4 is 10.1 Å². The average Bonchev–Trinajstić information content (AvgIpc) is 2.43. The van der Waals surface area contributed by atoms with Gasteiger partial charge in [-0.15, -0.1) is 0 Å². The molecular weight excluding hydrogens is 246 g/mol. The maximum absolute atomic E-state index is 5.47. The molecule has 0 aromatic heterocycles. The molecule has 1 aromatic rings. The number of hydrogen-bond donors (Lipinski definition) is 1. The second-order valence-corrected chi connectivity index (χ2v) is 5.85. The molecule has 0 heterocycles. The molecule has 112 valence electrons. The van der Waals surface area contributed by atoms with Gasteiger partial charge in [-0.05, 0) is 37.0 Å². The first kappa shape index (κ1) is 16.8. The van der Waals surface area contributed by atoms with Crippen molar-refractivity contribution in [3.05, 3.63) is 42.5 Å². The molecule has 2 nitrogen and oxygen atoms in total. The lowest BCUT2D eigenvalue weighted by molar-refractivity contribution is 0.363. The predicted octanol–water partition coefficient (Wildman–Crippen LogP) is 4.56. The highest BCUT2D eigenvalue weighted by Gasteiger charge is 2.03. The molecule has 2 heteroatoms. The molecule has 0 fully saturated rings. The molecule has 0 radical (unpaired) electrons. The summed E-state index contributed by atoms with van der Waals surface area (Å²) in [5, 5.41) is 3.58. The Morgan fingerprint density at radius 2 is 1.85 bits per heavy atom. The molecule has 0 aliphatic heterocycles. The van der Waals surface area contributed by atoms with E-state index in [1.54, 1.807) is 6.08 Å². The molecule has 1 atom stereocenters. The lowest BCUT2D eigenvalue weighted by atomic mass is 10.0. The summed E-state index contributed by atoms with van der Waals surface area (Å²) in [5.74, 6) is 1.71. The van der Waals surface area contributed by atoms with Crippen molar-refractivity contribution in [1.82, 2.24) is 5.32 Å². The molecule has 0 saturated carbocycles. The van der Waals surface area contributed by atoms with E-state index < -0.39 is 0 Å². The van der Waals surface area contributed by atoms with Crippen LogP contribution in [0.2, 0.25) is 0 Å². The number of benzene rings is 1. The van der Waals surface area contributed by atoms with Gasteiger partial charge in [0, 0.05) is 12.6 Å². The Morgan fingerprint density at radius 3 is 2.45 bits per heavy atom. The summed E-state index contributed by atoms with van der Waals surface area (Å²) >= 11 is 0. The van der Waals surface area contributed by atoms with Gasteiger partial charge >= 0.3 is 0 Å². The van der Waals surface area contributed by atoms with Crippen LogP contribution in [0.15, 0.2) is 36.9 Å². The van der Waals surface area contributed by atoms with Crippen LogP contribution in [0.25, 0.3) is 0 Å². The third-order valence-electron chi connectivity index (χ3n) is 3.36.